The third-order valence-corrected chi connectivity index (χ3v) is 7.43. The maximum atomic E-state index is 2.28. The molecule has 0 spiro atoms. The molecule has 0 bridgehead atoms. The van der Waals surface area contributed by atoms with Gasteiger partial charge in [0.2, 0.25) is 0 Å². The summed E-state index contributed by atoms with van der Waals surface area (Å²) in [4.78, 5) is 0. The van der Waals surface area contributed by atoms with Gasteiger partial charge in [0.25, 0.3) is 0 Å². The molecule has 0 fully saturated rings. The Balaban J connectivity index is 1.86. The van der Waals surface area contributed by atoms with Crippen LogP contribution in [0.15, 0.2) is 97.1 Å². The molecule has 0 nitrogen and oxygen atoms in total. The summed E-state index contributed by atoms with van der Waals surface area (Å²) in [6.07, 6.45) is 0. The number of benzene rings is 4. The summed E-state index contributed by atoms with van der Waals surface area (Å²) in [5.74, 6) is 0. The zero-order valence-corrected chi connectivity index (χ0v) is 15.4. The SMILES string of the molecule is c1ccc(-c2[se]c(-c3cccc4ccccc34)c3ccccc23)cc1. The van der Waals surface area contributed by atoms with E-state index in [1.807, 2.05) is 0 Å². The number of rotatable bonds is 2. The first-order chi connectivity index (χ1) is 12.4. The Morgan fingerprint density at radius 3 is 1.84 bits per heavy atom. The van der Waals surface area contributed by atoms with Crippen molar-refractivity contribution >= 4 is 36.0 Å². The van der Waals surface area contributed by atoms with Gasteiger partial charge in [-0.05, 0) is 0 Å². The van der Waals surface area contributed by atoms with Gasteiger partial charge in [-0.2, -0.15) is 0 Å². The zero-order valence-electron chi connectivity index (χ0n) is 13.6. The van der Waals surface area contributed by atoms with E-state index in [-0.39, 0.29) is 0 Å². The summed E-state index contributed by atoms with van der Waals surface area (Å²) in [6.45, 7) is 0. The van der Waals surface area contributed by atoms with Crippen LogP contribution in [0.4, 0.5) is 0 Å². The van der Waals surface area contributed by atoms with Crippen LogP contribution in [-0.2, 0) is 0 Å². The van der Waals surface area contributed by atoms with Gasteiger partial charge < -0.3 is 0 Å². The molecule has 0 amide bonds. The van der Waals surface area contributed by atoms with Crippen molar-refractivity contribution in [2.45, 2.75) is 0 Å². The molecule has 1 heteroatoms. The van der Waals surface area contributed by atoms with E-state index in [0.29, 0.717) is 14.5 Å². The quantitative estimate of drug-likeness (QED) is 0.310. The van der Waals surface area contributed by atoms with Crippen molar-refractivity contribution in [3.05, 3.63) is 97.1 Å². The fraction of sp³-hybridized carbons (Fsp3) is 0. The van der Waals surface area contributed by atoms with E-state index in [2.05, 4.69) is 97.1 Å². The molecule has 118 valence electrons. The van der Waals surface area contributed by atoms with Crippen LogP contribution in [0.1, 0.15) is 0 Å². The summed E-state index contributed by atoms with van der Waals surface area (Å²) >= 11 is 0.301. The second kappa shape index (κ2) is 6.04. The Bertz CT molecular complexity index is 1180. The minimum absolute atomic E-state index is 0.301. The summed E-state index contributed by atoms with van der Waals surface area (Å²) in [7, 11) is 0. The zero-order chi connectivity index (χ0) is 16.6. The van der Waals surface area contributed by atoms with Crippen molar-refractivity contribution in [2.75, 3.05) is 0 Å². The summed E-state index contributed by atoms with van der Waals surface area (Å²) in [5.41, 5.74) is 2.74. The van der Waals surface area contributed by atoms with Crippen LogP contribution >= 0.6 is 0 Å². The van der Waals surface area contributed by atoms with Crippen molar-refractivity contribution in [1.82, 2.24) is 0 Å². The van der Waals surface area contributed by atoms with E-state index in [9.17, 15) is 0 Å². The molecule has 5 aromatic rings. The van der Waals surface area contributed by atoms with Crippen molar-refractivity contribution in [1.29, 1.82) is 0 Å². The van der Waals surface area contributed by atoms with Crippen LogP contribution in [-0.4, -0.2) is 14.5 Å². The normalized spacial score (nSPS) is 11.2. The number of fused-ring (bicyclic) bond motifs is 2. The van der Waals surface area contributed by atoms with Crippen molar-refractivity contribution in [3.8, 4) is 20.0 Å². The molecule has 25 heavy (non-hydrogen) atoms. The fourth-order valence-corrected chi connectivity index (χ4v) is 6.29. The Morgan fingerprint density at radius 1 is 0.440 bits per heavy atom. The van der Waals surface area contributed by atoms with Crippen LogP contribution in [0.2, 0.25) is 0 Å². The summed E-state index contributed by atoms with van der Waals surface area (Å²) < 4.78 is 2.99. The molecule has 5 rings (SSSR count). The first-order valence-electron chi connectivity index (χ1n) is 8.47. The van der Waals surface area contributed by atoms with E-state index in [0.717, 1.165) is 0 Å². The van der Waals surface area contributed by atoms with Crippen molar-refractivity contribution in [2.24, 2.45) is 0 Å². The molecule has 1 heterocycles. The molecule has 0 aliphatic rings. The van der Waals surface area contributed by atoms with Crippen LogP contribution in [0.25, 0.3) is 41.5 Å². The molecule has 1 aromatic heterocycles. The molecule has 0 atom stereocenters. The molecular weight excluding hydrogens is 367 g/mol. The molecule has 4 aromatic carbocycles. The average molecular weight is 383 g/mol. The third kappa shape index (κ3) is 2.44. The topological polar surface area (TPSA) is 0 Å². The Kier molecular flexibility index (Phi) is 3.56. The third-order valence-electron chi connectivity index (χ3n) is 4.69. The van der Waals surface area contributed by atoms with Gasteiger partial charge in [-0.25, -0.2) is 0 Å². The molecular formula is C24H16Se. The van der Waals surface area contributed by atoms with Crippen molar-refractivity contribution in [3.63, 3.8) is 0 Å². The van der Waals surface area contributed by atoms with Crippen LogP contribution in [0, 0.1) is 0 Å². The first kappa shape index (κ1) is 14.7. The molecule has 0 saturated heterocycles. The van der Waals surface area contributed by atoms with Crippen LogP contribution in [0.3, 0.4) is 0 Å². The Hall–Kier alpha value is -2.60. The van der Waals surface area contributed by atoms with Gasteiger partial charge in [0.1, 0.15) is 0 Å². The van der Waals surface area contributed by atoms with E-state index in [1.54, 1.807) is 0 Å². The van der Waals surface area contributed by atoms with Crippen LogP contribution < -0.4 is 0 Å². The molecule has 0 radical (unpaired) electrons. The molecule has 0 unspecified atom stereocenters. The monoisotopic (exact) mass is 384 g/mol. The average Bonchev–Trinajstić information content (AvgIpc) is 3.08. The fourth-order valence-electron chi connectivity index (χ4n) is 3.52. The molecule has 0 N–H and O–H groups in total. The second-order valence-corrected chi connectivity index (χ2v) is 8.34. The first-order valence-corrected chi connectivity index (χ1v) is 10.2. The van der Waals surface area contributed by atoms with E-state index in [1.165, 1.54) is 41.5 Å². The van der Waals surface area contributed by atoms with Crippen LogP contribution in [0.5, 0.6) is 0 Å². The molecule has 0 aliphatic carbocycles. The van der Waals surface area contributed by atoms with Gasteiger partial charge >= 0.3 is 153 Å². The summed E-state index contributed by atoms with van der Waals surface area (Å²) in [6, 6.07) is 35.1. The van der Waals surface area contributed by atoms with Gasteiger partial charge in [0.15, 0.2) is 0 Å². The van der Waals surface area contributed by atoms with Gasteiger partial charge in [0.05, 0.1) is 0 Å². The second-order valence-electron chi connectivity index (χ2n) is 6.20. The van der Waals surface area contributed by atoms with Gasteiger partial charge in [0, 0.05) is 0 Å². The standard InChI is InChI=1S/C24H16Se/c1-2-10-18(11-3-1)23-21-14-6-7-15-22(21)24(25-23)20-16-8-12-17-9-4-5-13-19(17)20/h1-16H. The van der Waals surface area contributed by atoms with Gasteiger partial charge in [-0.1, -0.05) is 0 Å². The van der Waals surface area contributed by atoms with Crippen molar-refractivity contribution < 1.29 is 0 Å². The Labute approximate surface area is 153 Å². The predicted octanol–water partition coefficient (Wildman–Crippen LogP) is 6.38. The summed E-state index contributed by atoms with van der Waals surface area (Å²) in [5, 5.41) is 5.47. The number of hydrogen-bond donors (Lipinski definition) is 0. The maximum absolute atomic E-state index is 2.28. The van der Waals surface area contributed by atoms with E-state index < -0.39 is 0 Å². The number of hydrogen-bond acceptors (Lipinski definition) is 0. The molecule has 0 aliphatic heterocycles. The van der Waals surface area contributed by atoms with E-state index >= 15 is 0 Å². The predicted molar refractivity (Wildman–Crippen MR) is 109 cm³/mol. The minimum atomic E-state index is 0.301. The van der Waals surface area contributed by atoms with Gasteiger partial charge in [-0.3, -0.25) is 0 Å². The van der Waals surface area contributed by atoms with E-state index in [4.69, 9.17) is 0 Å². The van der Waals surface area contributed by atoms with Gasteiger partial charge in [-0.15, -0.1) is 0 Å². The molecule has 0 saturated carbocycles. The Morgan fingerprint density at radius 2 is 1.04 bits per heavy atom.